The molecule has 10 nitrogen and oxygen atoms in total. The monoisotopic (exact) mass is 424 g/mol. The van der Waals surface area contributed by atoms with Crippen molar-refractivity contribution in [3.8, 4) is 0 Å². The van der Waals surface area contributed by atoms with E-state index in [4.69, 9.17) is 4.84 Å². The van der Waals surface area contributed by atoms with Crippen LogP contribution in [0.4, 0.5) is 0 Å². The molecule has 3 heterocycles. The molecule has 0 radical (unpaired) electrons. The number of aromatic nitrogens is 2. The predicted molar refractivity (Wildman–Crippen MR) is 96.1 cm³/mol. The minimum atomic E-state index is -3.89. The summed E-state index contributed by atoms with van der Waals surface area (Å²) in [4.78, 5) is 40.6. The Hall–Kier alpha value is -2.44. The number of benzene rings is 1. The maximum atomic E-state index is 13.1. The van der Waals surface area contributed by atoms with Crippen LogP contribution in [0.2, 0.25) is 0 Å². The van der Waals surface area contributed by atoms with Gasteiger partial charge in [-0.05, 0) is 25.0 Å². The van der Waals surface area contributed by atoms with Gasteiger partial charge < -0.3 is 4.84 Å². The molecule has 0 saturated carbocycles. The number of carbonyl (C=O) groups excluding carboxylic acids is 3. The van der Waals surface area contributed by atoms with Crippen LogP contribution in [0.3, 0.4) is 0 Å². The first-order chi connectivity index (χ1) is 13.4. The molecule has 2 amide bonds. The van der Waals surface area contributed by atoms with Gasteiger partial charge in [0, 0.05) is 25.9 Å². The Kier molecular flexibility index (Phi) is 4.85. The highest BCUT2D eigenvalue weighted by molar-refractivity contribution is 7.89. The van der Waals surface area contributed by atoms with Gasteiger partial charge in [0.25, 0.3) is 11.8 Å². The molecule has 0 unspecified atom stereocenters. The molecule has 2 aliphatic rings. The van der Waals surface area contributed by atoms with Crippen molar-refractivity contribution in [3.63, 3.8) is 0 Å². The van der Waals surface area contributed by atoms with Gasteiger partial charge in [0.15, 0.2) is 0 Å². The second-order valence-electron chi connectivity index (χ2n) is 6.58. The molecule has 148 valence electrons. The van der Waals surface area contributed by atoms with Gasteiger partial charge in [-0.25, -0.2) is 13.2 Å². The van der Waals surface area contributed by atoms with Crippen molar-refractivity contribution in [1.82, 2.24) is 18.1 Å². The van der Waals surface area contributed by atoms with E-state index in [9.17, 15) is 22.8 Å². The van der Waals surface area contributed by atoms with Crippen LogP contribution in [-0.2, 0) is 29.2 Å². The Morgan fingerprint density at radius 3 is 2.68 bits per heavy atom. The smallest absolute Gasteiger partial charge is 0.330 e. The molecule has 2 aliphatic heterocycles. The lowest BCUT2D eigenvalue weighted by atomic mass is 10.0. The molecule has 2 fully saturated rings. The zero-order valence-electron chi connectivity index (χ0n) is 14.6. The van der Waals surface area contributed by atoms with E-state index in [1.807, 2.05) is 0 Å². The lowest BCUT2D eigenvalue weighted by Crippen LogP contribution is -2.44. The van der Waals surface area contributed by atoms with Gasteiger partial charge in [-0.2, -0.15) is 13.1 Å². The van der Waals surface area contributed by atoms with Crippen LogP contribution in [0.5, 0.6) is 0 Å². The first kappa shape index (κ1) is 18.9. The van der Waals surface area contributed by atoms with Crippen LogP contribution in [0, 0.1) is 5.92 Å². The summed E-state index contributed by atoms with van der Waals surface area (Å²) in [6, 6.07) is 4.73. The van der Waals surface area contributed by atoms with E-state index < -0.39 is 33.7 Å². The second kappa shape index (κ2) is 7.18. The van der Waals surface area contributed by atoms with Crippen molar-refractivity contribution in [2.75, 3.05) is 13.1 Å². The van der Waals surface area contributed by atoms with Crippen molar-refractivity contribution in [2.24, 2.45) is 5.92 Å². The number of carbonyl (C=O) groups is 3. The third-order valence-electron chi connectivity index (χ3n) is 4.77. The van der Waals surface area contributed by atoms with Gasteiger partial charge in [0.1, 0.15) is 15.9 Å². The maximum absolute atomic E-state index is 13.1. The Morgan fingerprint density at radius 2 is 1.93 bits per heavy atom. The third-order valence-corrected chi connectivity index (χ3v) is 7.21. The number of rotatable bonds is 4. The lowest BCUT2D eigenvalue weighted by Gasteiger charge is -2.31. The Balaban J connectivity index is 1.53. The average molecular weight is 424 g/mol. The van der Waals surface area contributed by atoms with Crippen molar-refractivity contribution in [3.05, 3.63) is 18.2 Å². The summed E-state index contributed by atoms with van der Waals surface area (Å²) in [6.07, 6.45) is 0.863. The number of piperidine rings is 1. The molecule has 1 aromatic heterocycles. The molecule has 0 N–H and O–H groups in total. The highest BCUT2D eigenvalue weighted by Crippen LogP contribution is 2.29. The molecule has 12 heteroatoms. The predicted octanol–water partition coefficient (Wildman–Crippen LogP) is 0.699. The molecular weight excluding hydrogens is 408 g/mol. The number of hydrogen-bond donors (Lipinski definition) is 0. The molecule has 2 aromatic rings. The number of sulfonamides is 1. The van der Waals surface area contributed by atoms with Gasteiger partial charge in [-0.15, -0.1) is 5.06 Å². The first-order valence-electron chi connectivity index (χ1n) is 8.67. The molecule has 0 bridgehead atoms. The molecule has 28 heavy (non-hydrogen) atoms. The summed E-state index contributed by atoms with van der Waals surface area (Å²) < 4.78 is 35.6. The summed E-state index contributed by atoms with van der Waals surface area (Å²) >= 11 is 0.927. The van der Waals surface area contributed by atoms with E-state index >= 15 is 0 Å². The normalized spacial score (nSPS) is 21.4. The quantitative estimate of drug-likeness (QED) is 0.657. The Morgan fingerprint density at radius 1 is 1.18 bits per heavy atom. The molecule has 0 aliphatic carbocycles. The van der Waals surface area contributed by atoms with Crippen molar-refractivity contribution >= 4 is 50.6 Å². The minimum Gasteiger partial charge on any atom is -0.330 e. The minimum absolute atomic E-state index is 0.00294. The molecule has 4 rings (SSSR count). The first-order valence-corrected chi connectivity index (χ1v) is 10.8. The average Bonchev–Trinajstić information content (AvgIpc) is 3.29. The van der Waals surface area contributed by atoms with E-state index in [1.54, 1.807) is 12.1 Å². The van der Waals surface area contributed by atoms with Gasteiger partial charge >= 0.3 is 5.97 Å². The highest BCUT2D eigenvalue weighted by atomic mass is 32.2. The number of hydroxylamine groups is 2. The van der Waals surface area contributed by atoms with Crippen LogP contribution < -0.4 is 0 Å². The fourth-order valence-electron chi connectivity index (χ4n) is 3.30. The van der Waals surface area contributed by atoms with Gasteiger partial charge in [-0.3, -0.25) is 9.59 Å². The number of hydrogen-bond acceptors (Lipinski definition) is 9. The standard InChI is InChI=1S/C16H16N4O6S2/c21-13-6-7-14(22)20(13)26-16(23)10-3-2-8-19(9-10)28(24,25)12-5-1-4-11-15(12)18-27-17-11/h1,4-5,10H,2-3,6-9H2/t10-/m1/s1. The molecule has 2 saturated heterocycles. The van der Waals surface area contributed by atoms with Gasteiger partial charge in [0.05, 0.1) is 17.6 Å². The molecule has 0 spiro atoms. The number of fused-ring (bicyclic) bond motifs is 1. The van der Waals surface area contributed by atoms with Gasteiger partial charge in [-0.1, -0.05) is 6.07 Å². The van der Waals surface area contributed by atoms with Crippen LogP contribution in [0.1, 0.15) is 25.7 Å². The number of imide groups is 1. The van der Waals surface area contributed by atoms with Crippen molar-refractivity contribution in [1.29, 1.82) is 0 Å². The van der Waals surface area contributed by atoms with Crippen LogP contribution in [0.25, 0.3) is 11.0 Å². The summed E-state index contributed by atoms with van der Waals surface area (Å²) in [5.41, 5.74) is 0.788. The van der Waals surface area contributed by atoms with E-state index in [2.05, 4.69) is 8.75 Å². The topological polar surface area (TPSA) is 127 Å². The summed E-state index contributed by atoms with van der Waals surface area (Å²) in [6.45, 7) is 0.160. The van der Waals surface area contributed by atoms with E-state index in [0.29, 0.717) is 28.9 Å². The van der Waals surface area contributed by atoms with Gasteiger partial charge in [0.2, 0.25) is 10.0 Å². The van der Waals surface area contributed by atoms with Crippen LogP contribution in [0.15, 0.2) is 23.1 Å². The maximum Gasteiger partial charge on any atom is 0.337 e. The number of amides is 2. The Labute approximate surface area is 164 Å². The van der Waals surface area contributed by atoms with Crippen molar-refractivity contribution < 1.29 is 27.6 Å². The zero-order valence-corrected chi connectivity index (χ0v) is 16.2. The fraction of sp³-hybridized carbons (Fsp3) is 0.438. The molecular formula is C16H16N4O6S2. The lowest BCUT2D eigenvalue weighted by molar-refractivity contribution is -0.201. The van der Waals surface area contributed by atoms with Crippen molar-refractivity contribution in [2.45, 2.75) is 30.6 Å². The second-order valence-corrected chi connectivity index (χ2v) is 9.02. The zero-order chi connectivity index (χ0) is 19.9. The third kappa shape index (κ3) is 3.27. The molecule has 1 atom stereocenters. The molecule has 1 aromatic carbocycles. The van der Waals surface area contributed by atoms with E-state index in [0.717, 1.165) is 11.7 Å². The SMILES string of the molecule is O=C(ON1C(=O)CCC1=O)[C@@H]1CCCN(S(=O)(=O)c2cccc3nsnc23)C1. The van der Waals surface area contributed by atoms with Crippen LogP contribution in [-0.4, -0.2) is 57.4 Å². The summed E-state index contributed by atoms with van der Waals surface area (Å²) in [5.74, 6) is -2.68. The fourth-order valence-corrected chi connectivity index (χ4v) is 5.58. The van der Waals surface area contributed by atoms with E-state index in [-0.39, 0.29) is 30.8 Å². The summed E-state index contributed by atoms with van der Waals surface area (Å²) in [5, 5.41) is 0.484. The Bertz CT molecular complexity index is 1050. The largest absolute Gasteiger partial charge is 0.337 e. The number of nitrogens with zero attached hydrogens (tertiary/aromatic N) is 4. The van der Waals surface area contributed by atoms with Crippen LogP contribution >= 0.6 is 11.7 Å². The summed E-state index contributed by atoms with van der Waals surface area (Å²) in [7, 11) is -3.89. The highest BCUT2D eigenvalue weighted by Gasteiger charge is 2.39. The van der Waals surface area contributed by atoms with E-state index in [1.165, 1.54) is 10.4 Å².